The largest absolute Gasteiger partial charge is 0.495 e. The molecule has 1 amide bonds. The molecule has 0 spiro atoms. The molecule has 0 saturated heterocycles. The molecule has 0 aromatic heterocycles. The monoisotopic (exact) mass is 378 g/mol. The molecule has 8 heteroatoms. The summed E-state index contributed by atoms with van der Waals surface area (Å²) >= 11 is 0. The zero-order chi connectivity index (χ0) is 19.2. The van der Waals surface area contributed by atoms with Gasteiger partial charge < -0.3 is 14.8 Å². The molecule has 0 unspecified atom stereocenters. The molecule has 7 nitrogen and oxygen atoms in total. The Hall–Kier alpha value is -2.58. The molecule has 2 rings (SSSR count). The zero-order valence-corrected chi connectivity index (χ0v) is 15.7. The highest BCUT2D eigenvalue weighted by molar-refractivity contribution is 7.89. The minimum absolute atomic E-state index is 0.0595. The average Bonchev–Trinajstić information content (AvgIpc) is 2.62. The highest BCUT2D eigenvalue weighted by atomic mass is 32.2. The first-order valence-electron chi connectivity index (χ1n) is 7.94. The SMILES string of the molecule is COc1ccc(S(=O)(=O)N(C)CCOc2ccccc2)cc1NC(C)=O. The lowest BCUT2D eigenvalue weighted by atomic mass is 10.3. The van der Waals surface area contributed by atoms with Crippen molar-refractivity contribution in [2.24, 2.45) is 0 Å². The normalized spacial score (nSPS) is 11.2. The summed E-state index contributed by atoms with van der Waals surface area (Å²) in [4.78, 5) is 11.4. The third kappa shape index (κ3) is 4.96. The number of carbonyl (C=O) groups excluding carboxylic acids is 1. The lowest BCUT2D eigenvalue weighted by molar-refractivity contribution is -0.114. The molecule has 0 aliphatic heterocycles. The van der Waals surface area contributed by atoms with E-state index < -0.39 is 10.0 Å². The first-order chi connectivity index (χ1) is 12.3. The second-order valence-electron chi connectivity index (χ2n) is 5.53. The number of carbonyl (C=O) groups is 1. The number of rotatable bonds is 8. The first kappa shape index (κ1) is 19.7. The quantitative estimate of drug-likeness (QED) is 0.762. The molecule has 0 bridgehead atoms. The Balaban J connectivity index is 2.11. The Kier molecular flexibility index (Phi) is 6.59. The van der Waals surface area contributed by atoms with Crippen molar-refractivity contribution in [3.05, 3.63) is 48.5 Å². The molecule has 0 radical (unpaired) electrons. The molecule has 1 N–H and O–H groups in total. The van der Waals surface area contributed by atoms with Crippen LogP contribution in [0.25, 0.3) is 0 Å². The third-order valence-electron chi connectivity index (χ3n) is 3.61. The summed E-state index contributed by atoms with van der Waals surface area (Å²) in [6, 6.07) is 13.5. The summed E-state index contributed by atoms with van der Waals surface area (Å²) in [5, 5.41) is 2.57. The van der Waals surface area contributed by atoms with Gasteiger partial charge in [0, 0.05) is 20.5 Å². The fourth-order valence-corrected chi connectivity index (χ4v) is 3.43. The van der Waals surface area contributed by atoms with Crippen LogP contribution in [0.3, 0.4) is 0 Å². The van der Waals surface area contributed by atoms with E-state index in [0.717, 1.165) is 0 Å². The highest BCUT2D eigenvalue weighted by Gasteiger charge is 2.22. The maximum absolute atomic E-state index is 12.7. The summed E-state index contributed by atoms with van der Waals surface area (Å²) in [5.41, 5.74) is 0.301. The summed E-state index contributed by atoms with van der Waals surface area (Å²) < 4.78 is 37.3. The number of nitrogens with zero attached hydrogens (tertiary/aromatic N) is 1. The van der Waals surface area contributed by atoms with E-state index in [1.165, 1.54) is 43.6 Å². The fraction of sp³-hybridized carbons (Fsp3) is 0.278. The van der Waals surface area contributed by atoms with Crippen LogP contribution in [0.4, 0.5) is 5.69 Å². The molecular weight excluding hydrogens is 356 g/mol. The van der Waals surface area contributed by atoms with Crippen molar-refractivity contribution in [3.8, 4) is 11.5 Å². The van der Waals surface area contributed by atoms with Gasteiger partial charge in [-0.05, 0) is 30.3 Å². The molecule has 0 heterocycles. The van der Waals surface area contributed by atoms with E-state index in [0.29, 0.717) is 17.2 Å². The maximum Gasteiger partial charge on any atom is 0.243 e. The van der Waals surface area contributed by atoms with Gasteiger partial charge >= 0.3 is 0 Å². The molecule has 0 saturated carbocycles. The van der Waals surface area contributed by atoms with Crippen molar-refractivity contribution in [3.63, 3.8) is 0 Å². The van der Waals surface area contributed by atoms with Crippen molar-refractivity contribution >= 4 is 21.6 Å². The third-order valence-corrected chi connectivity index (χ3v) is 5.46. The van der Waals surface area contributed by atoms with E-state index in [1.54, 1.807) is 12.1 Å². The van der Waals surface area contributed by atoms with Gasteiger partial charge in [0.2, 0.25) is 15.9 Å². The van der Waals surface area contributed by atoms with E-state index in [1.807, 2.05) is 18.2 Å². The summed E-state index contributed by atoms with van der Waals surface area (Å²) in [6.07, 6.45) is 0. The van der Waals surface area contributed by atoms with Gasteiger partial charge in [-0.3, -0.25) is 4.79 Å². The van der Waals surface area contributed by atoms with Gasteiger partial charge in [0.15, 0.2) is 0 Å². The second kappa shape index (κ2) is 8.68. The van der Waals surface area contributed by atoms with E-state index in [-0.39, 0.29) is 24.0 Å². The van der Waals surface area contributed by atoms with Gasteiger partial charge in [-0.1, -0.05) is 18.2 Å². The van der Waals surface area contributed by atoms with Crippen LogP contribution in [-0.4, -0.2) is 45.9 Å². The van der Waals surface area contributed by atoms with Crippen molar-refractivity contribution in [1.29, 1.82) is 0 Å². The summed E-state index contributed by atoms with van der Waals surface area (Å²) in [6.45, 7) is 1.74. The topological polar surface area (TPSA) is 84.9 Å². The predicted octanol–water partition coefficient (Wildman–Crippen LogP) is 2.35. The number of anilines is 1. The van der Waals surface area contributed by atoms with Crippen LogP contribution in [0.1, 0.15) is 6.92 Å². The van der Waals surface area contributed by atoms with Crippen LogP contribution >= 0.6 is 0 Å². The lowest BCUT2D eigenvalue weighted by Crippen LogP contribution is -2.31. The maximum atomic E-state index is 12.7. The van der Waals surface area contributed by atoms with E-state index >= 15 is 0 Å². The predicted molar refractivity (Wildman–Crippen MR) is 99.1 cm³/mol. The van der Waals surface area contributed by atoms with Crippen LogP contribution in [0.15, 0.2) is 53.4 Å². The summed E-state index contributed by atoms with van der Waals surface area (Å²) in [7, 11) is -0.806. The number of amides is 1. The second-order valence-corrected chi connectivity index (χ2v) is 7.58. The minimum atomic E-state index is -3.73. The Morgan fingerprint density at radius 1 is 1.15 bits per heavy atom. The molecule has 2 aromatic carbocycles. The highest BCUT2D eigenvalue weighted by Crippen LogP contribution is 2.28. The standard InChI is InChI=1S/C18H22N2O5S/c1-14(21)19-17-13-16(9-10-18(17)24-3)26(22,23)20(2)11-12-25-15-7-5-4-6-8-15/h4-10,13H,11-12H2,1-3H3,(H,19,21). The van der Waals surface area contributed by atoms with Crippen molar-refractivity contribution < 1.29 is 22.7 Å². The number of benzene rings is 2. The molecule has 0 fully saturated rings. The van der Waals surface area contributed by atoms with Crippen molar-refractivity contribution in [1.82, 2.24) is 4.31 Å². The van der Waals surface area contributed by atoms with Gasteiger partial charge in [0.05, 0.1) is 17.7 Å². The smallest absolute Gasteiger partial charge is 0.243 e. The molecule has 2 aromatic rings. The number of hydrogen-bond donors (Lipinski definition) is 1. The van der Waals surface area contributed by atoms with Crippen LogP contribution in [0.5, 0.6) is 11.5 Å². The van der Waals surface area contributed by atoms with E-state index in [2.05, 4.69) is 5.32 Å². The number of likely N-dealkylation sites (N-methyl/N-ethyl adjacent to an activating group) is 1. The molecular formula is C18H22N2O5S. The Morgan fingerprint density at radius 3 is 2.46 bits per heavy atom. The van der Waals surface area contributed by atoms with Crippen LogP contribution in [0, 0.1) is 0 Å². The van der Waals surface area contributed by atoms with Gasteiger partial charge in [0.25, 0.3) is 0 Å². The number of methoxy groups -OCH3 is 1. The van der Waals surface area contributed by atoms with Crippen LogP contribution in [-0.2, 0) is 14.8 Å². The van der Waals surface area contributed by atoms with Crippen molar-refractivity contribution in [2.45, 2.75) is 11.8 Å². The number of sulfonamides is 1. The molecule has 0 aliphatic carbocycles. The number of para-hydroxylation sites is 1. The van der Waals surface area contributed by atoms with Crippen LogP contribution < -0.4 is 14.8 Å². The summed E-state index contributed by atoms with van der Waals surface area (Å²) in [5.74, 6) is 0.743. The van der Waals surface area contributed by atoms with Crippen molar-refractivity contribution in [2.75, 3.05) is 32.6 Å². The van der Waals surface area contributed by atoms with Gasteiger partial charge in [0.1, 0.15) is 18.1 Å². The zero-order valence-electron chi connectivity index (χ0n) is 14.9. The van der Waals surface area contributed by atoms with Crippen LogP contribution in [0.2, 0.25) is 0 Å². The number of ether oxygens (including phenoxy) is 2. The first-order valence-corrected chi connectivity index (χ1v) is 9.38. The minimum Gasteiger partial charge on any atom is -0.495 e. The number of nitrogens with one attached hydrogen (secondary N) is 1. The molecule has 140 valence electrons. The van der Waals surface area contributed by atoms with E-state index in [9.17, 15) is 13.2 Å². The molecule has 0 atom stereocenters. The average molecular weight is 378 g/mol. The van der Waals surface area contributed by atoms with Gasteiger partial charge in [-0.15, -0.1) is 0 Å². The Bertz CT molecular complexity index is 853. The molecule has 26 heavy (non-hydrogen) atoms. The Labute approximate surface area is 153 Å². The van der Waals surface area contributed by atoms with Gasteiger partial charge in [-0.2, -0.15) is 4.31 Å². The van der Waals surface area contributed by atoms with E-state index in [4.69, 9.17) is 9.47 Å². The molecule has 0 aliphatic rings. The lowest BCUT2D eigenvalue weighted by Gasteiger charge is -2.19. The van der Waals surface area contributed by atoms with Gasteiger partial charge in [-0.25, -0.2) is 8.42 Å². The Morgan fingerprint density at radius 2 is 1.85 bits per heavy atom. The number of hydrogen-bond acceptors (Lipinski definition) is 5. The fourth-order valence-electron chi connectivity index (χ4n) is 2.24.